The van der Waals surface area contributed by atoms with Gasteiger partial charge in [-0.1, -0.05) is 41.6 Å². The summed E-state index contributed by atoms with van der Waals surface area (Å²) in [6.45, 7) is 1.27. The highest BCUT2D eigenvalue weighted by Gasteiger charge is 2.17. The number of anilines is 1. The van der Waals surface area contributed by atoms with Crippen LogP contribution in [0.3, 0.4) is 0 Å². The molecule has 3 rings (SSSR count). The molecule has 10 nitrogen and oxygen atoms in total. The molecule has 0 bridgehead atoms. The standard InChI is InChI=1S/C23H23N5O5S/c1-15-7-9-16(10-8-15)21(31)27-26-19(29)13-33-22(32)17-5-3-4-6-18(17)25-20(30)14-34-23-24-11-12-28(23)2/h3-12H,13-14H2,1-2H3,(H,25,30)(H,26,29)(H,27,31). The molecule has 0 unspecified atom stereocenters. The average molecular weight is 482 g/mol. The molecular formula is C23H23N5O5S. The van der Waals surface area contributed by atoms with Crippen molar-refractivity contribution < 1.29 is 23.9 Å². The molecule has 11 heteroatoms. The second kappa shape index (κ2) is 11.7. The number of hydrogen-bond donors (Lipinski definition) is 3. The van der Waals surface area contributed by atoms with Crippen LogP contribution in [0.2, 0.25) is 0 Å². The average Bonchev–Trinajstić information content (AvgIpc) is 3.25. The molecule has 0 saturated carbocycles. The summed E-state index contributed by atoms with van der Waals surface area (Å²) in [7, 11) is 1.82. The number of imidazole rings is 1. The first-order valence-corrected chi connectivity index (χ1v) is 11.1. The van der Waals surface area contributed by atoms with Crippen molar-refractivity contribution in [3.05, 3.63) is 77.6 Å². The number of amides is 3. The first-order chi connectivity index (χ1) is 16.3. The van der Waals surface area contributed by atoms with Gasteiger partial charge in [-0.15, -0.1) is 0 Å². The minimum absolute atomic E-state index is 0.0920. The lowest BCUT2D eigenvalue weighted by Crippen LogP contribution is -2.43. The number of nitrogens with one attached hydrogen (secondary N) is 3. The van der Waals surface area contributed by atoms with E-state index in [-0.39, 0.29) is 22.9 Å². The van der Waals surface area contributed by atoms with E-state index in [2.05, 4.69) is 21.2 Å². The number of rotatable bonds is 8. The van der Waals surface area contributed by atoms with Gasteiger partial charge in [0.15, 0.2) is 11.8 Å². The molecule has 176 valence electrons. The molecule has 1 aromatic heterocycles. The van der Waals surface area contributed by atoms with Crippen molar-refractivity contribution >= 4 is 41.1 Å². The monoisotopic (exact) mass is 481 g/mol. The zero-order chi connectivity index (χ0) is 24.5. The highest BCUT2D eigenvalue weighted by molar-refractivity contribution is 7.99. The van der Waals surface area contributed by atoms with Crippen LogP contribution in [0.5, 0.6) is 0 Å². The maximum atomic E-state index is 12.5. The van der Waals surface area contributed by atoms with Crippen LogP contribution in [0.1, 0.15) is 26.3 Å². The summed E-state index contributed by atoms with van der Waals surface area (Å²) in [4.78, 5) is 52.9. The van der Waals surface area contributed by atoms with E-state index < -0.39 is 24.4 Å². The van der Waals surface area contributed by atoms with Crippen molar-refractivity contribution in [1.82, 2.24) is 20.4 Å². The van der Waals surface area contributed by atoms with Crippen LogP contribution in [-0.2, 0) is 21.4 Å². The third-order valence-electron chi connectivity index (χ3n) is 4.49. The summed E-state index contributed by atoms with van der Waals surface area (Å²) in [5.41, 5.74) is 6.15. The minimum Gasteiger partial charge on any atom is -0.452 e. The van der Waals surface area contributed by atoms with E-state index >= 15 is 0 Å². The first-order valence-electron chi connectivity index (χ1n) is 10.2. The number of hydrazine groups is 1. The van der Waals surface area contributed by atoms with Gasteiger partial charge in [0, 0.05) is 25.0 Å². The summed E-state index contributed by atoms with van der Waals surface area (Å²) < 4.78 is 6.82. The number of esters is 1. The van der Waals surface area contributed by atoms with E-state index in [0.717, 1.165) is 5.56 Å². The Hall–Kier alpha value is -4.12. The van der Waals surface area contributed by atoms with Crippen molar-refractivity contribution in [2.75, 3.05) is 17.7 Å². The van der Waals surface area contributed by atoms with Crippen LogP contribution in [-0.4, -0.2) is 45.6 Å². The van der Waals surface area contributed by atoms with Crippen LogP contribution in [0, 0.1) is 6.92 Å². The molecule has 2 aromatic carbocycles. The molecule has 0 aliphatic heterocycles. The number of aromatic nitrogens is 2. The van der Waals surface area contributed by atoms with Crippen LogP contribution < -0.4 is 16.2 Å². The molecule has 3 aromatic rings. The predicted octanol–water partition coefficient (Wildman–Crippen LogP) is 2.08. The molecule has 3 amide bonds. The summed E-state index contributed by atoms with van der Waals surface area (Å²) in [5, 5.41) is 3.35. The zero-order valence-electron chi connectivity index (χ0n) is 18.5. The van der Waals surface area contributed by atoms with Gasteiger partial charge >= 0.3 is 5.97 Å². The topological polar surface area (TPSA) is 131 Å². The van der Waals surface area contributed by atoms with Gasteiger partial charge in [-0.3, -0.25) is 25.2 Å². The van der Waals surface area contributed by atoms with Gasteiger partial charge in [0.2, 0.25) is 5.91 Å². The van der Waals surface area contributed by atoms with E-state index in [1.54, 1.807) is 59.4 Å². The number of benzene rings is 2. The summed E-state index contributed by atoms with van der Waals surface area (Å²) >= 11 is 1.25. The SMILES string of the molecule is Cc1ccc(C(=O)NNC(=O)COC(=O)c2ccccc2NC(=O)CSc2nccn2C)cc1. The van der Waals surface area contributed by atoms with Crippen LogP contribution in [0.25, 0.3) is 0 Å². The zero-order valence-corrected chi connectivity index (χ0v) is 19.3. The number of carbonyl (C=O) groups is 4. The second-order valence-corrected chi connectivity index (χ2v) is 8.09. The van der Waals surface area contributed by atoms with Crippen LogP contribution in [0.4, 0.5) is 5.69 Å². The van der Waals surface area contributed by atoms with Crippen LogP contribution in [0.15, 0.2) is 66.1 Å². The maximum Gasteiger partial charge on any atom is 0.340 e. The van der Waals surface area contributed by atoms with Crippen molar-refractivity contribution in [3.8, 4) is 0 Å². The van der Waals surface area contributed by atoms with Crippen LogP contribution >= 0.6 is 11.8 Å². The van der Waals surface area contributed by atoms with Gasteiger partial charge in [0.25, 0.3) is 11.8 Å². The smallest absolute Gasteiger partial charge is 0.340 e. The number of para-hydroxylation sites is 1. The van der Waals surface area contributed by atoms with E-state index in [1.807, 2.05) is 14.0 Å². The van der Waals surface area contributed by atoms with Crippen molar-refractivity contribution in [3.63, 3.8) is 0 Å². The predicted molar refractivity (Wildman–Crippen MR) is 126 cm³/mol. The Labute approximate surface area is 200 Å². The van der Waals surface area contributed by atoms with Crippen molar-refractivity contribution in [2.24, 2.45) is 7.05 Å². The molecule has 0 fully saturated rings. The fourth-order valence-corrected chi connectivity index (χ4v) is 3.46. The van der Waals surface area contributed by atoms with E-state index in [1.165, 1.54) is 17.8 Å². The molecule has 0 saturated heterocycles. The third-order valence-corrected chi connectivity index (χ3v) is 5.55. The fourth-order valence-electron chi connectivity index (χ4n) is 2.73. The number of aryl methyl sites for hydroxylation is 2. The molecule has 0 aliphatic rings. The van der Waals surface area contributed by atoms with E-state index in [9.17, 15) is 19.2 Å². The van der Waals surface area contributed by atoms with Gasteiger partial charge < -0.3 is 14.6 Å². The largest absolute Gasteiger partial charge is 0.452 e. The highest BCUT2D eigenvalue weighted by Crippen LogP contribution is 2.18. The van der Waals surface area contributed by atoms with Gasteiger partial charge in [-0.25, -0.2) is 9.78 Å². The molecular weight excluding hydrogens is 458 g/mol. The van der Waals surface area contributed by atoms with Gasteiger partial charge in [0.05, 0.1) is 17.0 Å². The fraction of sp³-hybridized carbons (Fsp3) is 0.174. The Morgan fingerprint density at radius 1 is 1.00 bits per heavy atom. The Morgan fingerprint density at radius 2 is 1.74 bits per heavy atom. The molecule has 3 N–H and O–H groups in total. The van der Waals surface area contributed by atoms with Gasteiger partial charge in [-0.05, 0) is 31.2 Å². The summed E-state index contributed by atoms with van der Waals surface area (Å²) in [6, 6.07) is 13.1. The molecule has 0 radical (unpaired) electrons. The molecule has 0 atom stereocenters. The van der Waals surface area contributed by atoms with Crippen molar-refractivity contribution in [1.29, 1.82) is 0 Å². The Morgan fingerprint density at radius 3 is 2.44 bits per heavy atom. The number of ether oxygens (including phenoxy) is 1. The second-order valence-electron chi connectivity index (χ2n) is 7.15. The first kappa shape index (κ1) is 24.5. The summed E-state index contributed by atoms with van der Waals surface area (Å²) in [6.07, 6.45) is 3.41. The lowest BCUT2D eigenvalue weighted by molar-refractivity contribution is -0.125. The Bertz CT molecular complexity index is 1190. The number of hydrogen-bond acceptors (Lipinski definition) is 7. The van der Waals surface area contributed by atoms with E-state index in [0.29, 0.717) is 10.7 Å². The number of nitrogens with zero attached hydrogens (tertiary/aromatic N) is 2. The number of carbonyl (C=O) groups excluding carboxylic acids is 4. The molecule has 0 aliphatic carbocycles. The maximum absolute atomic E-state index is 12.5. The quantitative estimate of drug-likeness (QED) is 0.255. The Balaban J connectivity index is 1.48. The van der Waals surface area contributed by atoms with Gasteiger partial charge in [0.1, 0.15) is 0 Å². The molecule has 34 heavy (non-hydrogen) atoms. The lowest BCUT2D eigenvalue weighted by Gasteiger charge is -2.11. The number of thioether (sulfide) groups is 1. The molecule has 1 heterocycles. The van der Waals surface area contributed by atoms with Crippen molar-refractivity contribution in [2.45, 2.75) is 12.1 Å². The Kier molecular flexibility index (Phi) is 8.41. The minimum atomic E-state index is -0.798. The highest BCUT2D eigenvalue weighted by atomic mass is 32.2. The summed E-state index contributed by atoms with van der Waals surface area (Å²) in [5.74, 6) is -2.26. The lowest BCUT2D eigenvalue weighted by atomic mass is 10.1. The van der Waals surface area contributed by atoms with E-state index in [4.69, 9.17) is 4.74 Å². The van der Waals surface area contributed by atoms with Gasteiger partial charge in [-0.2, -0.15) is 0 Å². The normalized spacial score (nSPS) is 10.3. The third kappa shape index (κ3) is 6.94. The molecule has 0 spiro atoms.